The number of ether oxygens (including phenoxy) is 2. The fourth-order valence-corrected chi connectivity index (χ4v) is 6.53. The van der Waals surface area contributed by atoms with E-state index in [0.29, 0.717) is 52.8 Å². The number of pyridine rings is 1. The number of nitrogens with zero attached hydrogens (tertiary/aromatic N) is 5. The summed E-state index contributed by atoms with van der Waals surface area (Å²) in [5.74, 6) is 1.08. The number of hydrogen-bond donors (Lipinski definition) is 1. The average Bonchev–Trinajstić information content (AvgIpc) is 3.27. The monoisotopic (exact) mass is 587 g/mol. The number of fused-ring (bicyclic) bond motifs is 2. The number of carboxylic acid groups (broad SMARTS) is 1. The van der Waals surface area contributed by atoms with Gasteiger partial charge in [-0.15, -0.1) is 0 Å². The molecule has 3 aliphatic rings. The smallest absolute Gasteiger partial charge is 0.335 e. The van der Waals surface area contributed by atoms with Gasteiger partial charge in [-0.3, -0.25) is 4.90 Å². The number of rotatable bonds is 9. The van der Waals surface area contributed by atoms with E-state index in [1.54, 1.807) is 24.3 Å². The van der Waals surface area contributed by atoms with Crippen LogP contribution in [0.1, 0.15) is 45.3 Å². The second kappa shape index (κ2) is 10.7. The molecule has 0 spiro atoms. The second-order valence-corrected chi connectivity index (χ2v) is 11.6. The van der Waals surface area contributed by atoms with Crippen molar-refractivity contribution in [1.82, 2.24) is 19.4 Å². The van der Waals surface area contributed by atoms with Crippen LogP contribution >= 0.6 is 11.6 Å². The van der Waals surface area contributed by atoms with Gasteiger partial charge in [0.25, 0.3) is 0 Å². The van der Waals surface area contributed by atoms with Crippen LogP contribution in [0.3, 0.4) is 0 Å². The van der Waals surface area contributed by atoms with Gasteiger partial charge in [-0.05, 0) is 48.6 Å². The minimum atomic E-state index is -1.02. The Hall–Kier alpha value is -4.04. The van der Waals surface area contributed by atoms with Crippen LogP contribution in [0.15, 0.2) is 48.5 Å². The fraction of sp³-hybridized carbons (Fsp3) is 0.355. The number of imidazole rings is 1. The van der Waals surface area contributed by atoms with Gasteiger partial charge < -0.3 is 19.1 Å². The summed E-state index contributed by atoms with van der Waals surface area (Å²) in [7, 11) is 0. The van der Waals surface area contributed by atoms with Crippen molar-refractivity contribution in [2.75, 3.05) is 19.7 Å². The lowest BCUT2D eigenvalue weighted by Crippen LogP contribution is -2.33. The molecule has 0 radical (unpaired) electrons. The molecule has 4 heterocycles. The lowest BCUT2D eigenvalue weighted by molar-refractivity contribution is -0.0591. The largest absolute Gasteiger partial charge is 0.478 e. The molecule has 42 heavy (non-hydrogen) atoms. The van der Waals surface area contributed by atoms with E-state index in [1.807, 2.05) is 18.2 Å². The number of piperidine rings is 1. The van der Waals surface area contributed by atoms with Crippen molar-refractivity contribution >= 4 is 28.6 Å². The number of nitriles is 1. The predicted molar refractivity (Wildman–Crippen MR) is 151 cm³/mol. The number of carbonyl (C=O) groups is 1. The first-order valence-electron chi connectivity index (χ1n) is 13.9. The van der Waals surface area contributed by atoms with E-state index < -0.39 is 11.8 Å². The van der Waals surface area contributed by atoms with Crippen molar-refractivity contribution in [2.45, 2.75) is 38.1 Å². The molecular formula is C31H27ClFN5O4. The molecule has 2 unspecified atom stereocenters. The van der Waals surface area contributed by atoms with E-state index in [-0.39, 0.29) is 23.8 Å². The van der Waals surface area contributed by atoms with Crippen molar-refractivity contribution in [2.24, 2.45) is 11.8 Å². The Balaban J connectivity index is 1.03. The third-order valence-electron chi connectivity index (χ3n) is 8.59. The number of halogens is 2. The summed E-state index contributed by atoms with van der Waals surface area (Å²) < 4.78 is 27.8. The molecule has 4 aromatic rings. The van der Waals surface area contributed by atoms with Crippen LogP contribution in [-0.2, 0) is 24.4 Å². The Morgan fingerprint density at radius 1 is 1.19 bits per heavy atom. The predicted octanol–water partition coefficient (Wildman–Crippen LogP) is 5.01. The summed E-state index contributed by atoms with van der Waals surface area (Å²) in [5, 5.41) is 18.8. The Labute approximate surface area is 246 Å². The molecule has 2 aliphatic heterocycles. The van der Waals surface area contributed by atoms with Crippen LogP contribution in [0.2, 0.25) is 5.02 Å². The molecule has 7 rings (SSSR count). The molecule has 1 aliphatic carbocycles. The number of likely N-dealkylation sites (tertiary alicyclic amines) is 1. The van der Waals surface area contributed by atoms with Crippen LogP contribution in [0.25, 0.3) is 11.0 Å². The summed E-state index contributed by atoms with van der Waals surface area (Å²) in [5.41, 5.74) is 3.09. The van der Waals surface area contributed by atoms with Crippen molar-refractivity contribution in [1.29, 1.82) is 5.26 Å². The topological polar surface area (TPSA) is 114 Å². The van der Waals surface area contributed by atoms with E-state index in [9.17, 15) is 14.3 Å². The molecule has 2 aromatic heterocycles. The number of aromatic carboxylic acids is 1. The Morgan fingerprint density at radius 3 is 2.69 bits per heavy atom. The van der Waals surface area contributed by atoms with Crippen LogP contribution < -0.4 is 4.74 Å². The van der Waals surface area contributed by atoms with Crippen molar-refractivity contribution in [3.05, 3.63) is 87.6 Å². The summed E-state index contributed by atoms with van der Waals surface area (Å²) >= 11 is 6.47. The normalized spacial score (nSPS) is 22.9. The first kappa shape index (κ1) is 26.8. The summed E-state index contributed by atoms with van der Waals surface area (Å²) in [4.78, 5) is 23.6. The van der Waals surface area contributed by atoms with Crippen LogP contribution in [-0.4, -0.2) is 56.3 Å². The summed E-state index contributed by atoms with van der Waals surface area (Å²) in [6, 6.07) is 15.1. The molecule has 3 fully saturated rings. The van der Waals surface area contributed by atoms with Crippen LogP contribution in [0, 0.1) is 29.0 Å². The SMILES string of the molecule is N#Cc1ccc(COc2cccc(C3[C@H]4CN(Cc5nc6c(Cl)cc(C(=O)O)cc6n5CC5CCO5)C[C@@H]34)n2)c(F)c1. The van der Waals surface area contributed by atoms with Gasteiger partial charge in [-0.2, -0.15) is 5.26 Å². The van der Waals surface area contributed by atoms with Gasteiger partial charge in [0.05, 0.1) is 46.9 Å². The molecule has 2 aromatic carbocycles. The molecule has 9 nitrogen and oxygen atoms in total. The van der Waals surface area contributed by atoms with E-state index >= 15 is 0 Å². The number of aromatic nitrogens is 3. The van der Waals surface area contributed by atoms with E-state index in [4.69, 9.17) is 36.3 Å². The molecule has 1 saturated carbocycles. The third kappa shape index (κ3) is 4.98. The summed E-state index contributed by atoms with van der Waals surface area (Å²) in [6.07, 6.45) is 1.04. The maximum absolute atomic E-state index is 14.2. The highest BCUT2D eigenvalue weighted by atomic mass is 35.5. The zero-order chi connectivity index (χ0) is 29.0. The first-order chi connectivity index (χ1) is 20.4. The Morgan fingerprint density at radius 2 is 2.00 bits per heavy atom. The van der Waals surface area contributed by atoms with Gasteiger partial charge in [0.1, 0.15) is 23.8 Å². The fourth-order valence-electron chi connectivity index (χ4n) is 6.27. The zero-order valence-electron chi connectivity index (χ0n) is 22.5. The van der Waals surface area contributed by atoms with Crippen LogP contribution in [0.5, 0.6) is 5.88 Å². The van der Waals surface area contributed by atoms with Crippen molar-refractivity contribution < 1.29 is 23.8 Å². The maximum atomic E-state index is 14.2. The molecule has 11 heteroatoms. The molecule has 2 saturated heterocycles. The van der Waals surface area contributed by atoms with Gasteiger partial charge in [-0.25, -0.2) is 19.2 Å². The van der Waals surface area contributed by atoms with Crippen LogP contribution in [0.4, 0.5) is 4.39 Å². The van der Waals surface area contributed by atoms with Gasteiger partial charge >= 0.3 is 5.97 Å². The standard InChI is InChI=1S/C31H27ClFN5O4/c32-23-9-19(31(39)40)10-26-30(23)36-27(38(26)12-20-6-7-41-20)15-37-13-21-22(14-37)29(21)25-2-1-3-28(35-25)42-16-18-5-4-17(11-34)8-24(18)33/h1-5,8-10,20-22,29H,6-7,12-16H2,(H,39,40)/t20?,21-,22+,29?. The highest BCUT2D eigenvalue weighted by molar-refractivity contribution is 6.35. The number of benzene rings is 2. The maximum Gasteiger partial charge on any atom is 0.335 e. The van der Waals surface area contributed by atoms with Crippen molar-refractivity contribution in [3.8, 4) is 11.9 Å². The highest BCUT2D eigenvalue weighted by Crippen LogP contribution is 2.58. The molecule has 214 valence electrons. The molecule has 0 amide bonds. The first-order valence-corrected chi connectivity index (χ1v) is 14.3. The Bertz CT molecular complexity index is 1740. The molecule has 0 bridgehead atoms. The van der Waals surface area contributed by atoms with E-state index in [1.165, 1.54) is 12.1 Å². The Kier molecular flexibility index (Phi) is 6.81. The number of hydrogen-bond acceptors (Lipinski definition) is 7. The van der Waals surface area contributed by atoms with Gasteiger partial charge in [0.15, 0.2) is 0 Å². The molecule has 4 atom stereocenters. The minimum Gasteiger partial charge on any atom is -0.478 e. The highest BCUT2D eigenvalue weighted by Gasteiger charge is 2.57. The average molecular weight is 588 g/mol. The molecule has 1 N–H and O–H groups in total. The van der Waals surface area contributed by atoms with Gasteiger partial charge in [0.2, 0.25) is 5.88 Å². The quantitative estimate of drug-likeness (QED) is 0.291. The third-order valence-corrected chi connectivity index (χ3v) is 8.88. The lowest BCUT2D eigenvalue weighted by atomic mass is 10.1. The minimum absolute atomic E-state index is 0.0319. The van der Waals surface area contributed by atoms with Crippen molar-refractivity contribution in [3.63, 3.8) is 0 Å². The van der Waals surface area contributed by atoms with Gasteiger partial charge in [-0.1, -0.05) is 23.7 Å². The lowest BCUT2D eigenvalue weighted by Gasteiger charge is -2.28. The van der Waals surface area contributed by atoms with E-state index in [2.05, 4.69) is 9.47 Å². The number of carboxylic acids is 1. The second-order valence-electron chi connectivity index (χ2n) is 11.2. The van der Waals surface area contributed by atoms with Gasteiger partial charge in [0, 0.05) is 42.9 Å². The zero-order valence-corrected chi connectivity index (χ0v) is 23.3. The summed E-state index contributed by atoms with van der Waals surface area (Å²) in [6.45, 7) is 3.80. The van der Waals surface area contributed by atoms with E-state index in [0.717, 1.165) is 43.2 Å². The molecular weight excluding hydrogens is 561 g/mol.